The second-order valence-corrected chi connectivity index (χ2v) is 4.23. The Labute approximate surface area is 92.1 Å². The van der Waals surface area contributed by atoms with Crippen molar-refractivity contribution in [1.29, 1.82) is 0 Å². The smallest absolute Gasteiger partial charge is 0.316 e. The maximum atomic E-state index is 5.85. The fourth-order valence-electron chi connectivity index (χ4n) is 1.88. The summed E-state index contributed by atoms with van der Waals surface area (Å²) in [5, 5.41) is 4.62. The van der Waals surface area contributed by atoms with Gasteiger partial charge in [-0.05, 0) is 30.5 Å². The molecule has 1 heterocycles. The van der Waals surface area contributed by atoms with E-state index in [-0.39, 0.29) is 5.41 Å². The van der Waals surface area contributed by atoms with Gasteiger partial charge < -0.3 is 4.52 Å². The van der Waals surface area contributed by atoms with E-state index in [0.717, 1.165) is 23.7 Å². The maximum Gasteiger partial charge on any atom is 0.316 e. The van der Waals surface area contributed by atoms with Crippen LogP contribution in [0.15, 0.2) is 28.8 Å². The Morgan fingerprint density at radius 3 is 2.53 bits per heavy atom. The summed E-state index contributed by atoms with van der Waals surface area (Å²) >= 11 is 5.85. The molecule has 4 heteroatoms. The van der Waals surface area contributed by atoms with Crippen molar-refractivity contribution in [2.75, 3.05) is 0 Å². The predicted molar refractivity (Wildman–Crippen MR) is 54.6 cm³/mol. The molecule has 0 bridgehead atoms. The molecule has 1 aliphatic rings. The lowest BCUT2D eigenvalue weighted by Gasteiger charge is -2.10. The third kappa shape index (κ3) is 1.35. The quantitative estimate of drug-likeness (QED) is 0.780. The van der Waals surface area contributed by atoms with Crippen LogP contribution in [0, 0.1) is 6.39 Å². The van der Waals surface area contributed by atoms with Gasteiger partial charge in [-0.2, -0.15) is 4.98 Å². The minimum atomic E-state index is -0.0475. The van der Waals surface area contributed by atoms with Crippen LogP contribution in [0.1, 0.15) is 24.2 Å². The third-order valence-corrected chi connectivity index (χ3v) is 3.15. The molecule has 0 atom stereocenters. The molecule has 0 unspecified atom stereocenters. The number of benzene rings is 1. The molecule has 3 nitrogen and oxygen atoms in total. The summed E-state index contributed by atoms with van der Waals surface area (Å²) in [4.78, 5) is 4.01. The number of rotatable bonds is 2. The highest BCUT2D eigenvalue weighted by molar-refractivity contribution is 6.30. The number of halogens is 1. The molecule has 2 aromatic rings. The second kappa shape index (κ2) is 3.07. The van der Waals surface area contributed by atoms with E-state index in [1.807, 2.05) is 24.3 Å². The van der Waals surface area contributed by atoms with Gasteiger partial charge in [-0.25, -0.2) is 0 Å². The van der Waals surface area contributed by atoms with Gasteiger partial charge in [-0.3, -0.25) is 0 Å². The molecule has 0 spiro atoms. The topological polar surface area (TPSA) is 38.9 Å². The fourth-order valence-corrected chi connectivity index (χ4v) is 2.00. The van der Waals surface area contributed by atoms with Gasteiger partial charge in [0, 0.05) is 5.02 Å². The Hall–Kier alpha value is -1.35. The van der Waals surface area contributed by atoms with E-state index in [1.165, 1.54) is 5.56 Å². The van der Waals surface area contributed by atoms with Crippen molar-refractivity contribution in [1.82, 2.24) is 10.1 Å². The molecular formula is C11H8ClN2O. The first-order valence-corrected chi connectivity index (χ1v) is 5.15. The lowest BCUT2D eigenvalue weighted by molar-refractivity contribution is 0.399. The van der Waals surface area contributed by atoms with Crippen LogP contribution in [0.25, 0.3) is 0 Å². The Balaban J connectivity index is 2.04. The number of nitrogens with zero attached hydrogens (tertiary/aromatic N) is 2. The molecule has 0 saturated heterocycles. The van der Waals surface area contributed by atoms with Crippen molar-refractivity contribution in [2.45, 2.75) is 18.3 Å². The van der Waals surface area contributed by atoms with Crippen LogP contribution in [-0.4, -0.2) is 10.1 Å². The molecule has 0 amide bonds. The first-order valence-electron chi connectivity index (χ1n) is 4.77. The molecule has 75 valence electrons. The van der Waals surface area contributed by atoms with Crippen LogP contribution in [0.5, 0.6) is 0 Å². The van der Waals surface area contributed by atoms with Gasteiger partial charge in [-0.15, -0.1) is 0 Å². The van der Waals surface area contributed by atoms with Gasteiger partial charge in [0.05, 0.1) is 5.41 Å². The molecule has 1 fully saturated rings. The van der Waals surface area contributed by atoms with Gasteiger partial charge in [0.15, 0.2) is 5.82 Å². The number of hydrogen-bond donors (Lipinski definition) is 0. The van der Waals surface area contributed by atoms with Crippen molar-refractivity contribution in [3.63, 3.8) is 0 Å². The molecule has 3 rings (SSSR count). The summed E-state index contributed by atoms with van der Waals surface area (Å²) < 4.78 is 4.67. The van der Waals surface area contributed by atoms with E-state index in [9.17, 15) is 0 Å². The fraction of sp³-hybridized carbons (Fsp3) is 0.273. The Kier molecular flexibility index (Phi) is 1.83. The largest absolute Gasteiger partial charge is 0.329 e. The van der Waals surface area contributed by atoms with Crippen LogP contribution < -0.4 is 0 Å². The van der Waals surface area contributed by atoms with Crippen molar-refractivity contribution >= 4 is 11.6 Å². The van der Waals surface area contributed by atoms with Crippen molar-refractivity contribution in [3.8, 4) is 0 Å². The minimum Gasteiger partial charge on any atom is -0.329 e. The average molecular weight is 220 g/mol. The van der Waals surface area contributed by atoms with Crippen molar-refractivity contribution in [2.24, 2.45) is 0 Å². The van der Waals surface area contributed by atoms with Crippen LogP contribution in [0.4, 0.5) is 0 Å². The van der Waals surface area contributed by atoms with Gasteiger partial charge in [0.1, 0.15) is 0 Å². The SMILES string of the molecule is Clc1ccc(C2(c3n[c]on3)CC2)cc1. The highest BCUT2D eigenvalue weighted by atomic mass is 35.5. The van der Waals surface area contributed by atoms with Crippen LogP contribution >= 0.6 is 11.6 Å². The zero-order valence-corrected chi connectivity index (χ0v) is 8.66. The first kappa shape index (κ1) is 8.92. The highest BCUT2D eigenvalue weighted by Crippen LogP contribution is 2.52. The summed E-state index contributed by atoms with van der Waals surface area (Å²) in [6.07, 6.45) is 4.51. The second-order valence-electron chi connectivity index (χ2n) is 3.80. The summed E-state index contributed by atoms with van der Waals surface area (Å²) in [6.45, 7) is 0. The summed E-state index contributed by atoms with van der Waals surface area (Å²) in [5.74, 6) is 0.727. The van der Waals surface area contributed by atoms with Crippen LogP contribution in [0.3, 0.4) is 0 Å². The first-order chi connectivity index (χ1) is 7.31. The Bertz CT molecular complexity index is 460. The molecule has 0 aliphatic heterocycles. The minimum absolute atomic E-state index is 0.0475. The van der Waals surface area contributed by atoms with Gasteiger partial charge in [-0.1, -0.05) is 28.9 Å². The van der Waals surface area contributed by atoms with E-state index in [4.69, 9.17) is 11.6 Å². The van der Waals surface area contributed by atoms with Crippen LogP contribution in [-0.2, 0) is 5.41 Å². The molecular weight excluding hydrogens is 212 g/mol. The van der Waals surface area contributed by atoms with Gasteiger partial charge >= 0.3 is 6.39 Å². The average Bonchev–Trinajstić information content (AvgIpc) is 2.88. The van der Waals surface area contributed by atoms with E-state index in [1.54, 1.807) is 0 Å². The zero-order valence-electron chi connectivity index (χ0n) is 7.90. The molecule has 1 aliphatic carbocycles. The molecule has 1 radical (unpaired) electrons. The molecule has 1 aromatic heterocycles. The highest BCUT2D eigenvalue weighted by Gasteiger charge is 2.49. The van der Waals surface area contributed by atoms with Gasteiger partial charge in [0.2, 0.25) is 0 Å². The summed E-state index contributed by atoms with van der Waals surface area (Å²) in [5.41, 5.74) is 1.15. The summed E-state index contributed by atoms with van der Waals surface area (Å²) in [6, 6.07) is 7.82. The molecule has 1 saturated carbocycles. The van der Waals surface area contributed by atoms with Crippen molar-refractivity contribution in [3.05, 3.63) is 47.1 Å². The molecule has 0 N–H and O–H groups in total. The predicted octanol–water partition coefficient (Wildman–Crippen LogP) is 2.60. The third-order valence-electron chi connectivity index (χ3n) is 2.90. The summed E-state index contributed by atoms with van der Waals surface area (Å²) in [7, 11) is 0. The number of aromatic nitrogens is 2. The van der Waals surface area contributed by atoms with Gasteiger partial charge in [0.25, 0.3) is 0 Å². The lowest BCUT2D eigenvalue weighted by atomic mass is 9.95. The zero-order chi connectivity index (χ0) is 10.3. The Morgan fingerprint density at radius 1 is 1.27 bits per heavy atom. The van der Waals surface area contributed by atoms with E-state index in [0.29, 0.717) is 0 Å². The standard InChI is InChI=1S/C11H8ClN2O/c12-9-3-1-8(2-4-9)11(5-6-11)10-13-7-15-14-10/h1-4H,5-6H2. The van der Waals surface area contributed by atoms with E-state index in [2.05, 4.69) is 21.1 Å². The normalized spacial score (nSPS) is 17.7. The lowest BCUT2D eigenvalue weighted by Crippen LogP contribution is -2.10. The monoisotopic (exact) mass is 219 g/mol. The van der Waals surface area contributed by atoms with Crippen LogP contribution in [0.2, 0.25) is 5.02 Å². The van der Waals surface area contributed by atoms with Crippen molar-refractivity contribution < 1.29 is 4.52 Å². The molecule has 15 heavy (non-hydrogen) atoms. The van der Waals surface area contributed by atoms with E-state index >= 15 is 0 Å². The molecule has 1 aromatic carbocycles. The maximum absolute atomic E-state index is 5.85. The number of hydrogen-bond acceptors (Lipinski definition) is 3. The Morgan fingerprint density at radius 2 is 2.00 bits per heavy atom. The van der Waals surface area contributed by atoms with E-state index < -0.39 is 0 Å².